The minimum absolute atomic E-state index is 0.0492. The first-order chi connectivity index (χ1) is 11.1. The van der Waals surface area contributed by atoms with Crippen LogP contribution in [0.4, 0.5) is 0 Å². The Kier molecular flexibility index (Phi) is 7.17. The minimum Gasteiger partial charge on any atom is -0.351 e. The van der Waals surface area contributed by atoms with Crippen LogP contribution in [0.15, 0.2) is 35.7 Å². The van der Waals surface area contributed by atoms with Crippen LogP contribution in [0.1, 0.15) is 76.0 Å². The minimum atomic E-state index is -4.20. The molecule has 5 nitrogen and oxygen atoms in total. The molecule has 6 heteroatoms. The van der Waals surface area contributed by atoms with Gasteiger partial charge in [-0.2, -0.15) is 8.42 Å². The molecule has 0 bridgehead atoms. The lowest BCUT2D eigenvalue weighted by atomic mass is 9.89. The number of benzene rings is 1. The fourth-order valence-corrected chi connectivity index (χ4v) is 3.59. The molecular weight excluding hydrogens is 324 g/mol. The maximum Gasteiger partial charge on any atom is 0.295 e. The smallest absolute Gasteiger partial charge is 0.295 e. The molecule has 0 unspecified atom stereocenters. The Morgan fingerprint density at radius 1 is 0.958 bits per heavy atom. The third-order valence-corrected chi connectivity index (χ3v) is 4.73. The summed E-state index contributed by atoms with van der Waals surface area (Å²) in [6.45, 7) is 11.9. The van der Waals surface area contributed by atoms with Crippen LogP contribution in [0.2, 0.25) is 0 Å². The average molecular weight is 352 g/mol. The second-order valence-electron chi connectivity index (χ2n) is 6.73. The lowest BCUT2D eigenvalue weighted by molar-refractivity contribution is 0.479. The Bertz CT molecular complexity index is 687. The highest BCUT2D eigenvalue weighted by Gasteiger charge is 2.25. The number of hydrogen-bond acceptors (Lipinski definition) is 3. The van der Waals surface area contributed by atoms with Gasteiger partial charge in [0.1, 0.15) is 4.90 Å². The van der Waals surface area contributed by atoms with Gasteiger partial charge in [-0.1, -0.05) is 53.7 Å². The van der Waals surface area contributed by atoms with E-state index in [1.807, 2.05) is 39.8 Å². The number of aromatic amines is 1. The van der Waals surface area contributed by atoms with Crippen molar-refractivity contribution in [1.29, 1.82) is 0 Å². The Hall–Kier alpha value is -1.66. The summed E-state index contributed by atoms with van der Waals surface area (Å²) in [5, 5.41) is 0. The molecule has 0 saturated heterocycles. The number of nitrogens with one attached hydrogen (secondary N) is 1. The van der Waals surface area contributed by atoms with Gasteiger partial charge in [-0.15, -0.1) is 0 Å². The van der Waals surface area contributed by atoms with Crippen LogP contribution in [-0.2, 0) is 10.1 Å². The van der Waals surface area contributed by atoms with E-state index < -0.39 is 10.1 Å². The van der Waals surface area contributed by atoms with Crippen molar-refractivity contribution >= 4 is 10.1 Å². The molecule has 2 rings (SSSR count). The van der Waals surface area contributed by atoms with Gasteiger partial charge in [0.15, 0.2) is 0 Å². The van der Waals surface area contributed by atoms with Gasteiger partial charge in [0.25, 0.3) is 10.1 Å². The predicted octanol–water partition coefficient (Wildman–Crippen LogP) is 4.71. The predicted molar refractivity (Wildman–Crippen MR) is 97.1 cm³/mol. The summed E-state index contributed by atoms with van der Waals surface area (Å²) in [6, 6.07) is 3.81. The molecule has 24 heavy (non-hydrogen) atoms. The molecule has 0 aliphatic rings. The molecule has 0 aliphatic carbocycles. The van der Waals surface area contributed by atoms with Crippen molar-refractivity contribution in [2.75, 3.05) is 0 Å². The average Bonchev–Trinajstić information content (AvgIpc) is 3.03. The molecule has 0 radical (unpaired) electrons. The lowest BCUT2D eigenvalue weighted by Gasteiger charge is -2.20. The van der Waals surface area contributed by atoms with Gasteiger partial charge in [0, 0.05) is 12.4 Å². The molecule has 2 N–H and O–H groups in total. The highest BCUT2D eigenvalue weighted by molar-refractivity contribution is 7.86. The van der Waals surface area contributed by atoms with Crippen molar-refractivity contribution in [3.8, 4) is 0 Å². The zero-order chi connectivity index (χ0) is 18.5. The summed E-state index contributed by atoms with van der Waals surface area (Å²) >= 11 is 0. The highest BCUT2D eigenvalue weighted by atomic mass is 32.2. The van der Waals surface area contributed by atoms with Crippen LogP contribution in [0.5, 0.6) is 0 Å². The van der Waals surface area contributed by atoms with Crippen LogP contribution < -0.4 is 0 Å². The number of hydrogen-bond donors (Lipinski definition) is 2. The molecule has 1 heterocycles. The van der Waals surface area contributed by atoms with E-state index in [1.54, 1.807) is 18.7 Å². The molecule has 0 atom stereocenters. The summed E-state index contributed by atoms with van der Waals surface area (Å²) in [6.07, 6.45) is 5.08. The van der Waals surface area contributed by atoms with E-state index in [0.717, 1.165) is 5.56 Å². The zero-order valence-corrected chi connectivity index (χ0v) is 16.1. The Morgan fingerprint density at radius 2 is 1.46 bits per heavy atom. The van der Waals surface area contributed by atoms with E-state index in [2.05, 4.69) is 23.8 Å². The summed E-state index contributed by atoms with van der Waals surface area (Å²) in [4.78, 5) is 6.52. The molecule has 1 aromatic carbocycles. The molecule has 1 aromatic heterocycles. The van der Waals surface area contributed by atoms with E-state index in [0.29, 0.717) is 17.0 Å². The van der Waals surface area contributed by atoms with Crippen molar-refractivity contribution in [3.05, 3.63) is 47.5 Å². The normalized spacial score (nSPS) is 11.8. The quantitative estimate of drug-likeness (QED) is 0.780. The molecule has 2 aromatic rings. The Labute approximate surface area is 145 Å². The molecule has 0 amide bonds. The maximum absolute atomic E-state index is 11.7. The zero-order valence-electron chi connectivity index (χ0n) is 15.2. The number of aromatic nitrogens is 2. The van der Waals surface area contributed by atoms with Crippen LogP contribution in [0, 0.1) is 0 Å². The number of H-pyrrole nitrogens is 1. The van der Waals surface area contributed by atoms with Gasteiger partial charge < -0.3 is 4.98 Å². The molecule has 0 aliphatic heterocycles. The largest absolute Gasteiger partial charge is 0.351 e. The van der Waals surface area contributed by atoms with Gasteiger partial charge in [-0.25, -0.2) is 4.98 Å². The molecule has 0 spiro atoms. The third-order valence-electron chi connectivity index (χ3n) is 3.74. The van der Waals surface area contributed by atoms with Gasteiger partial charge in [0.2, 0.25) is 0 Å². The van der Waals surface area contributed by atoms with Crippen LogP contribution >= 0.6 is 0 Å². The van der Waals surface area contributed by atoms with Gasteiger partial charge in [-0.05, 0) is 34.4 Å². The third kappa shape index (κ3) is 5.46. The molecule has 0 saturated carbocycles. The molecule has 134 valence electrons. The first kappa shape index (κ1) is 20.4. The van der Waals surface area contributed by atoms with Crippen molar-refractivity contribution in [1.82, 2.24) is 9.97 Å². The fraction of sp³-hybridized carbons (Fsp3) is 0.500. The van der Waals surface area contributed by atoms with Crippen LogP contribution in [-0.4, -0.2) is 22.9 Å². The van der Waals surface area contributed by atoms with E-state index >= 15 is 0 Å². The Balaban J connectivity index is 0.000000488. The summed E-state index contributed by atoms with van der Waals surface area (Å²) in [5.74, 6) is 0.423. The van der Waals surface area contributed by atoms with E-state index in [4.69, 9.17) is 0 Å². The van der Waals surface area contributed by atoms with Gasteiger partial charge in [0.05, 0.1) is 6.33 Å². The number of nitrogens with zero attached hydrogens (tertiary/aromatic N) is 1. The second-order valence-corrected chi connectivity index (χ2v) is 8.09. The fourth-order valence-electron chi connectivity index (χ4n) is 2.40. The summed E-state index contributed by atoms with van der Waals surface area (Å²) < 4.78 is 33.0. The van der Waals surface area contributed by atoms with Crippen LogP contribution in [0.3, 0.4) is 0 Å². The SMILES string of the molecule is CC(C)c1cc(C(C)C)c(S(=O)(=O)O)c(C(C)C)c1.c1c[nH]cn1. The van der Waals surface area contributed by atoms with Crippen molar-refractivity contribution in [3.63, 3.8) is 0 Å². The first-order valence-corrected chi connectivity index (χ1v) is 9.57. The summed E-state index contributed by atoms with van der Waals surface area (Å²) in [7, 11) is -4.20. The van der Waals surface area contributed by atoms with Crippen molar-refractivity contribution in [2.45, 2.75) is 64.2 Å². The number of imidazole rings is 1. The van der Waals surface area contributed by atoms with E-state index in [9.17, 15) is 13.0 Å². The highest BCUT2D eigenvalue weighted by Crippen LogP contribution is 2.34. The van der Waals surface area contributed by atoms with E-state index in [1.165, 1.54) is 0 Å². The number of rotatable bonds is 4. The summed E-state index contributed by atoms with van der Waals surface area (Å²) in [5.41, 5.74) is 2.52. The van der Waals surface area contributed by atoms with Gasteiger partial charge in [-0.3, -0.25) is 4.55 Å². The Morgan fingerprint density at radius 3 is 1.67 bits per heavy atom. The molecular formula is C18H28N2O3S. The van der Waals surface area contributed by atoms with Gasteiger partial charge >= 0.3 is 0 Å². The second kappa shape index (κ2) is 8.44. The van der Waals surface area contributed by atoms with Crippen LogP contribution in [0.25, 0.3) is 0 Å². The monoisotopic (exact) mass is 352 g/mol. The van der Waals surface area contributed by atoms with E-state index in [-0.39, 0.29) is 16.7 Å². The maximum atomic E-state index is 11.7. The van der Waals surface area contributed by atoms with Crippen molar-refractivity contribution < 1.29 is 13.0 Å². The standard InChI is InChI=1S/C15H24O3S.C3H4N2/c1-9(2)12-7-13(10(3)4)15(19(16,17)18)14(8-12)11(5)6;1-2-5-3-4-1/h7-11H,1-6H3,(H,16,17,18);1-3H,(H,4,5). The van der Waals surface area contributed by atoms with Crippen molar-refractivity contribution in [2.24, 2.45) is 0 Å². The topological polar surface area (TPSA) is 83.0 Å². The first-order valence-electron chi connectivity index (χ1n) is 8.13. The lowest BCUT2D eigenvalue weighted by Crippen LogP contribution is -2.11. The molecule has 0 fully saturated rings.